The molecule has 0 saturated carbocycles. The number of nitrogens with zero attached hydrogens (tertiary/aromatic N) is 1. The van der Waals surface area contributed by atoms with Gasteiger partial charge in [0.2, 0.25) is 0 Å². The van der Waals surface area contributed by atoms with Gasteiger partial charge in [-0.25, -0.2) is 9.59 Å². The molecule has 0 aromatic heterocycles. The molecule has 1 fully saturated rings. The van der Waals surface area contributed by atoms with Crippen LogP contribution < -0.4 is 10.6 Å². The minimum Gasteiger partial charge on any atom is -0.480 e. The molecule has 0 bridgehead atoms. The fraction of sp³-hybridized carbons (Fsp3) is 0.867. The van der Waals surface area contributed by atoms with Gasteiger partial charge in [0.25, 0.3) is 0 Å². The van der Waals surface area contributed by atoms with Crippen molar-refractivity contribution in [2.75, 3.05) is 26.2 Å². The zero-order valence-corrected chi connectivity index (χ0v) is 13.4. The van der Waals surface area contributed by atoms with Gasteiger partial charge in [-0.3, -0.25) is 0 Å². The lowest BCUT2D eigenvalue weighted by atomic mass is 9.97. The molecule has 0 aliphatic carbocycles. The molecule has 2 amide bonds. The van der Waals surface area contributed by atoms with E-state index in [0.29, 0.717) is 25.3 Å². The molecule has 21 heavy (non-hydrogen) atoms. The Labute approximate surface area is 127 Å². The van der Waals surface area contributed by atoms with Crippen LogP contribution in [-0.2, 0) is 4.79 Å². The number of hydrogen-bond donors (Lipinski definition) is 3. The first-order valence-electron chi connectivity index (χ1n) is 7.89. The summed E-state index contributed by atoms with van der Waals surface area (Å²) in [7, 11) is 0. The van der Waals surface area contributed by atoms with Crippen molar-refractivity contribution < 1.29 is 14.7 Å². The SMILES string of the molecule is CCCC(C)(NC(=O)NCC(C)CN1CCCC1)C(=O)O. The summed E-state index contributed by atoms with van der Waals surface area (Å²) in [4.78, 5) is 25.6. The molecule has 2 unspecified atom stereocenters. The predicted molar refractivity (Wildman–Crippen MR) is 82.3 cm³/mol. The quantitative estimate of drug-likeness (QED) is 0.636. The number of hydrogen-bond acceptors (Lipinski definition) is 3. The first kappa shape index (κ1) is 17.8. The van der Waals surface area contributed by atoms with E-state index in [0.717, 1.165) is 19.6 Å². The Bertz CT molecular complexity index is 356. The second kappa shape index (κ2) is 8.22. The van der Waals surface area contributed by atoms with Crippen molar-refractivity contribution in [2.24, 2.45) is 5.92 Å². The maximum atomic E-state index is 11.9. The molecule has 0 spiro atoms. The summed E-state index contributed by atoms with van der Waals surface area (Å²) in [6, 6.07) is -0.401. The lowest BCUT2D eigenvalue weighted by Crippen LogP contribution is -2.55. The molecule has 122 valence electrons. The zero-order chi connectivity index (χ0) is 15.9. The van der Waals surface area contributed by atoms with Crippen LogP contribution in [0.1, 0.15) is 46.5 Å². The average Bonchev–Trinajstić information content (AvgIpc) is 2.89. The van der Waals surface area contributed by atoms with E-state index in [1.807, 2.05) is 6.92 Å². The van der Waals surface area contributed by atoms with E-state index in [2.05, 4.69) is 22.5 Å². The van der Waals surface area contributed by atoms with Gasteiger partial charge in [-0.1, -0.05) is 20.3 Å². The zero-order valence-electron chi connectivity index (χ0n) is 13.4. The Balaban J connectivity index is 2.33. The smallest absolute Gasteiger partial charge is 0.329 e. The van der Waals surface area contributed by atoms with E-state index in [1.54, 1.807) is 6.92 Å². The van der Waals surface area contributed by atoms with E-state index in [4.69, 9.17) is 0 Å². The highest BCUT2D eigenvalue weighted by Gasteiger charge is 2.33. The predicted octanol–water partition coefficient (Wildman–Crippen LogP) is 1.66. The summed E-state index contributed by atoms with van der Waals surface area (Å²) in [5.41, 5.74) is -1.20. The number of amides is 2. The number of urea groups is 1. The van der Waals surface area contributed by atoms with Gasteiger partial charge >= 0.3 is 12.0 Å². The summed E-state index contributed by atoms with van der Waals surface area (Å²) >= 11 is 0. The fourth-order valence-corrected chi connectivity index (χ4v) is 2.76. The van der Waals surface area contributed by atoms with Gasteiger partial charge in [0.15, 0.2) is 0 Å². The molecule has 3 N–H and O–H groups in total. The first-order valence-corrected chi connectivity index (χ1v) is 7.89. The Morgan fingerprint density at radius 1 is 1.33 bits per heavy atom. The molecule has 1 aliphatic rings. The van der Waals surface area contributed by atoms with Crippen LogP contribution in [0, 0.1) is 5.92 Å². The number of carboxylic acid groups (broad SMARTS) is 1. The Kier molecular flexibility index (Phi) is 6.95. The van der Waals surface area contributed by atoms with Gasteiger partial charge in [0, 0.05) is 13.1 Å². The molecule has 1 heterocycles. The molecule has 1 rings (SSSR count). The summed E-state index contributed by atoms with van der Waals surface area (Å²) < 4.78 is 0. The van der Waals surface area contributed by atoms with Crippen molar-refractivity contribution in [1.82, 2.24) is 15.5 Å². The normalized spacial score (nSPS) is 19.8. The van der Waals surface area contributed by atoms with Crippen molar-refractivity contribution in [3.63, 3.8) is 0 Å². The van der Waals surface area contributed by atoms with Crippen molar-refractivity contribution in [1.29, 1.82) is 0 Å². The van der Waals surface area contributed by atoms with Crippen molar-refractivity contribution in [2.45, 2.75) is 52.0 Å². The highest BCUT2D eigenvalue weighted by molar-refractivity contribution is 5.85. The highest BCUT2D eigenvalue weighted by Crippen LogP contribution is 2.12. The third kappa shape index (κ3) is 5.91. The summed E-state index contributed by atoms with van der Waals surface area (Å²) in [6.07, 6.45) is 3.64. The maximum Gasteiger partial charge on any atom is 0.329 e. The number of rotatable bonds is 8. The van der Waals surface area contributed by atoms with Crippen LogP contribution in [-0.4, -0.2) is 53.7 Å². The monoisotopic (exact) mass is 299 g/mol. The van der Waals surface area contributed by atoms with Crippen LogP contribution in [0.3, 0.4) is 0 Å². The molecule has 1 saturated heterocycles. The lowest BCUT2D eigenvalue weighted by Gasteiger charge is -2.26. The van der Waals surface area contributed by atoms with Crippen LogP contribution in [0.25, 0.3) is 0 Å². The highest BCUT2D eigenvalue weighted by atomic mass is 16.4. The second-order valence-electron chi connectivity index (χ2n) is 6.34. The molecular formula is C15H29N3O3. The number of carbonyl (C=O) groups is 2. The number of nitrogens with one attached hydrogen (secondary N) is 2. The molecule has 1 aliphatic heterocycles. The molecule has 2 atom stereocenters. The summed E-state index contributed by atoms with van der Waals surface area (Å²) in [6.45, 7) is 9.37. The molecule has 0 aromatic rings. The van der Waals surface area contributed by atoms with Gasteiger partial charge in [-0.05, 0) is 45.2 Å². The lowest BCUT2D eigenvalue weighted by molar-refractivity contribution is -0.144. The van der Waals surface area contributed by atoms with E-state index in [1.165, 1.54) is 12.8 Å². The Morgan fingerprint density at radius 3 is 2.48 bits per heavy atom. The van der Waals surface area contributed by atoms with Crippen LogP contribution in [0.15, 0.2) is 0 Å². The van der Waals surface area contributed by atoms with Gasteiger partial charge in [0.1, 0.15) is 5.54 Å². The third-order valence-corrected chi connectivity index (χ3v) is 3.99. The molecule has 0 aromatic carbocycles. The number of likely N-dealkylation sites (tertiary alicyclic amines) is 1. The molecule has 0 radical (unpaired) electrons. The topological polar surface area (TPSA) is 81.7 Å². The Morgan fingerprint density at radius 2 is 1.95 bits per heavy atom. The number of aliphatic carboxylic acids is 1. The Hall–Kier alpha value is -1.30. The molecular weight excluding hydrogens is 270 g/mol. The van der Waals surface area contributed by atoms with Crippen molar-refractivity contribution in [3.8, 4) is 0 Å². The van der Waals surface area contributed by atoms with Crippen molar-refractivity contribution in [3.05, 3.63) is 0 Å². The van der Waals surface area contributed by atoms with E-state index in [-0.39, 0.29) is 0 Å². The van der Waals surface area contributed by atoms with Crippen LogP contribution in [0.4, 0.5) is 4.79 Å². The number of carbonyl (C=O) groups excluding carboxylic acids is 1. The van der Waals surface area contributed by atoms with Crippen LogP contribution in [0.2, 0.25) is 0 Å². The average molecular weight is 299 g/mol. The second-order valence-corrected chi connectivity index (χ2v) is 6.34. The minimum atomic E-state index is -1.20. The number of carboxylic acids is 1. The van der Waals surface area contributed by atoms with Gasteiger partial charge in [-0.15, -0.1) is 0 Å². The standard InChI is InChI=1S/C15H29N3O3/c1-4-7-15(3,13(19)20)17-14(21)16-10-12(2)11-18-8-5-6-9-18/h12H,4-11H2,1-3H3,(H,19,20)(H2,16,17,21). The summed E-state index contributed by atoms with van der Waals surface area (Å²) in [5, 5.41) is 14.6. The first-order chi connectivity index (χ1) is 9.87. The van der Waals surface area contributed by atoms with Crippen LogP contribution in [0.5, 0.6) is 0 Å². The van der Waals surface area contributed by atoms with E-state index >= 15 is 0 Å². The maximum absolute atomic E-state index is 11.9. The summed E-state index contributed by atoms with van der Waals surface area (Å²) in [5.74, 6) is -0.638. The van der Waals surface area contributed by atoms with Gasteiger partial charge < -0.3 is 20.6 Å². The largest absolute Gasteiger partial charge is 0.480 e. The minimum absolute atomic E-state index is 0.358. The van der Waals surface area contributed by atoms with Gasteiger partial charge in [-0.2, -0.15) is 0 Å². The third-order valence-electron chi connectivity index (χ3n) is 3.99. The van der Waals surface area contributed by atoms with E-state index in [9.17, 15) is 14.7 Å². The van der Waals surface area contributed by atoms with Crippen LogP contribution >= 0.6 is 0 Å². The fourth-order valence-electron chi connectivity index (χ4n) is 2.76. The molecule has 6 heteroatoms. The van der Waals surface area contributed by atoms with Gasteiger partial charge in [0.05, 0.1) is 0 Å². The van der Waals surface area contributed by atoms with E-state index < -0.39 is 17.5 Å². The van der Waals surface area contributed by atoms with Crippen molar-refractivity contribution >= 4 is 12.0 Å². The molecule has 6 nitrogen and oxygen atoms in total.